The van der Waals surface area contributed by atoms with Crippen LogP contribution in [0.1, 0.15) is 5.56 Å². The Balaban J connectivity index is 1.91. The molecular formula is C17H24ClN5S. The molecule has 0 amide bonds. The van der Waals surface area contributed by atoms with Crippen LogP contribution in [-0.2, 0) is 0 Å². The molecule has 2 aliphatic heterocycles. The molecule has 0 atom stereocenters. The van der Waals surface area contributed by atoms with Gasteiger partial charge in [-0.25, -0.2) is 4.99 Å². The van der Waals surface area contributed by atoms with E-state index < -0.39 is 0 Å². The van der Waals surface area contributed by atoms with E-state index in [9.17, 15) is 0 Å². The van der Waals surface area contributed by atoms with Crippen molar-refractivity contribution in [1.82, 2.24) is 14.7 Å². The number of aliphatic imine (C=N–C) groups is 2. The molecule has 0 radical (unpaired) electrons. The van der Waals surface area contributed by atoms with Crippen LogP contribution in [0.4, 0.5) is 5.69 Å². The second-order valence-corrected chi connectivity index (χ2v) is 7.77. The monoisotopic (exact) mass is 365 g/mol. The summed E-state index contributed by atoms with van der Waals surface area (Å²) in [5, 5.41) is 1.79. The van der Waals surface area contributed by atoms with Gasteiger partial charge in [0.15, 0.2) is 5.17 Å². The van der Waals surface area contributed by atoms with E-state index in [0.29, 0.717) is 0 Å². The van der Waals surface area contributed by atoms with Gasteiger partial charge in [-0.05, 0) is 31.7 Å². The van der Waals surface area contributed by atoms with E-state index in [2.05, 4.69) is 28.8 Å². The van der Waals surface area contributed by atoms with E-state index in [1.54, 1.807) is 11.8 Å². The molecule has 0 unspecified atom stereocenters. The van der Waals surface area contributed by atoms with Gasteiger partial charge in [-0.15, -0.1) is 0 Å². The van der Waals surface area contributed by atoms with Gasteiger partial charge >= 0.3 is 0 Å². The zero-order chi connectivity index (χ0) is 17.1. The van der Waals surface area contributed by atoms with Gasteiger partial charge in [-0.3, -0.25) is 0 Å². The SMILES string of the molecule is Cc1ccc(N=C(N=C2SCCN2C)N2CCN(C)CC2)cc1Cl. The van der Waals surface area contributed by atoms with Crippen LogP contribution in [0.25, 0.3) is 0 Å². The van der Waals surface area contributed by atoms with Crippen LogP contribution in [0.5, 0.6) is 0 Å². The van der Waals surface area contributed by atoms with Crippen molar-refractivity contribution >= 4 is 40.2 Å². The van der Waals surface area contributed by atoms with Gasteiger partial charge in [-0.2, -0.15) is 4.99 Å². The Bertz CT molecular complexity index is 652. The summed E-state index contributed by atoms with van der Waals surface area (Å²) >= 11 is 8.05. The number of rotatable bonds is 1. The summed E-state index contributed by atoms with van der Waals surface area (Å²) in [6.07, 6.45) is 0. The van der Waals surface area contributed by atoms with Gasteiger partial charge in [0.25, 0.3) is 0 Å². The van der Waals surface area contributed by atoms with Gasteiger partial charge < -0.3 is 14.7 Å². The molecule has 5 nitrogen and oxygen atoms in total. The standard InChI is InChI=1S/C17H24ClN5S/c1-13-4-5-14(12-15(13)18)19-16(20-17-22(3)10-11-24-17)23-8-6-21(2)7-9-23/h4-5,12H,6-11H2,1-3H3. The zero-order valence-corrected chi connectivity index (χ0v) is 16.1. The minimum Gasteiger partial charge on any atom is -0.353 e. The summed E-state index contributed by atoms with van der Waals surface area (Å²) in [6, 6.07) is 5.92. The molecule has 2 fully saturated rings. The molecule has 0 N–H and O–H groups in total. The Morgan fingerprint density at radius 2 is 1.88 bits per heavy atom. The van der Waals surface area contributed by atoms with E-state index >= 15 is 0 Å². The largest absolute Gasteiger partial charge is 0.353 e. The number of hydrogen-bond donors (Lipinski definition) is 0. The number of aryl methyl sites for hydroxylation is 1. The fourth-order valence-corrected chi connectivity index (χ4v) is 3.80. The van der Waals surface area contributed by atoms with Gasteiger partial charge in [0, 0.05) is 50.5 Å². The van der Waals surface area contributed by atoms with Crippen LogP contribution in [-0.4, -0.2) is 78.4 Å². The molecule has 1 aromatic rings. The molecule has 0 bridgehead atoms. The number of guanidine groups is 1. The first kappa shape index (κ1) is 17.6. The van der Waals surface area contributed by atoms with E-state index in [1.165, 1.54) is 0 Å². The van der Waals surface area contributed by atoms with Gasteiger partial charge in [0.1, 0.15) is 0 Å². The zero-order valence-electron chi connectivity index (χ0n) is 14.5. The van der Waals surface area contributed by atoms with E-state index in [0.717, 1.165) is 65.9 Å². The average molecular weight is 366 g/mol. The molecule has 130 valence electrons. The smallest absolute Gasteiger partial charge is 0.228 e. The lowest BCUT2D eigenvalue weighted by molar-refractivity contribution is 0.214. The number of likely N-dealkylation sites (N-methyl/N-ethyl adjacent to an activating group) is 1. The van der Waals surface area contributed by atoms with Crippen molar-refractivity contribution < 1.29 is 0 Å². The van der Waals surface area contributed by atoms with E-state index in [1.807, 2.05) is 25.1 Å². The van der Waals surface area contributed by atoms with Crippen LogP contribution in [0, 0.1) is 6.92 Å². The molecule has 0 saturated carbocycles. The Morgan fingerprint density at radius 1 is 1.12 bits per heavy atom. The maximum absolute atomic E-state index is 6.26. The van der Waals surface area contributed by atoms with Crippen molar-refractivity contribution in [3.8, 4) is 0 Å². The molecule has 7 heteroatoms. The van der Waals surface area contributed by atoms with Crippen LogP contribution in [0.2, 0.25) is 5.02 Å². The molecule has 1 aromatic carbocycles. The number of hydrogen-bond acceptors (Lipinski definition) is 3. The first-order valence-corrected chi connectivity index (χ1v) is 9.60. The fraction of sp³-hybridized carbons (Fsp3) is 0.529. The summed E-state index contributed by atoms with van der Waals surface area (Å²) < 4.78 is 0. The Kier molecular flexibility index (Phi) is 5.69. The molecule has 2 saturated heterocycles. The number of piperazine rings is 1. The predicted molar refractivity (Wildman–Crippen MR) is 105 cm³/mol. The van der Waals surface area contributed by atoms with E-state index in [-0.39, 0.29) is 0 Å². The highest BCUT2D eigenvalue weighted by Gasteiger charge is 2.21. The molecule has 0 aliphatic carbocycles. The van der Waals surface area contributed by atoms with Gasteiger partial charge in [-0.1, -0.05) is 29.4 Å². The van der Waals surface area contributed by atoms with Crippen LogP contribution in [0.15, 0.2) is 28.2 Å². The normalized spacial score (nSPS) is 21.8. The van der Waals surface area contributed by atoms with Crippen LogP contribution >= 0.6 is 23.4 Å². The quantitative estimate of drug-likeness (QED) is 0.566. The minimum atomic E-state index is 0.744. The maximum atomic E-state index is 6.26. The summed E-state index contributed by atoms with van der Waals surface area (Å²) in [6.45, 7) is 6.99. The van der Waals surface area contributed by atoms with Gasteiger partial charge in [0.05, 0.1) is 5.69 Å². The third-order valence-corrected chi connectivity index (χ3v) is 5.81. The van der Waals surface area contributed by atoms with Crippen molar-refractivity contribution in [2.75, 3.05) is 52.6 Å². The van der Waals surface area contributed by atoms with Crippen molar-refractivity contribution in [2.45, 2.75) is 6.92 Å². The molecule has 0 aromatic heterocycles. The minimum absolute atomic E-state index is 0.744. The molecule has 24 heavy (non-hydrogen) atoms. The Hall–Kier alpha value is -1.24. The average Bonchev–Trinajstić information content (AvgIpc) is 2.96. The van der Waals surface area contributed by atoms with Crippen molar-refractivity contribution in [2.24, 2.45) is 9.98 Å². The number of halogens is 1. The summed E-state index contributed by atoms with van der Waals surface area (Å²) in [5.74, 6) is 1.88. The Labute approximate surface area is 153 Å². The fourth-order valence-electron chi connectivity index (χ4n) is 2.62. The molecular weight excluding hydrogens is 342 g/mol. The third kappa shape index (κ3) is 4.23. The number of nitrogens with zero attached hydrogens (tertiary/aromatic N) is 5. The lowest BCUT2D eigenvalue weighted by Gasteiger charge is -2.33. The highest BCUT2D eigenvalue weighted by atomic mass is 35.5. The first-order chi connectivity index (χ1) is 11.5. The second-order valence-electron chi connectivity index (χ2n) is 6.30. The maximum Gasteiger partial charge on any atom is 0.228 e. The second kappa shape index (κ2) is 7.76. The predicted octanol–water partition coefficient (Wildman–Crippen LogP) is 2.92. The topological polar surface area (TPSA) is 34.4 Å². The van der Waals surface area contributed by atoms with E-state index in [4.69, 9.17) is 21.6 Å². The Morgan fingerprint density at radius 3 is 2.50 bits per heavy atom. The number of benzene rings is 1. The highest BCUT2D eigenvalue weighted by Crippen LogP contribution is 2.24. The first-order valence-electron chi connectivity index (χ1n) is 8.24. The van der Waals surface area contributed by atoms with Gasteiger partial charge in [0.2, 0.25) is 5.96 Å². The van der Waals surface area contributed by atoms with Crippen LogP contribution < -0.4 is 0 Å². The summed E-state index contributed by atoms with van der Waals surface area (Å²) in [7, 11) is 4.24. The van der Waals surface area contributed by atoms with Crippen molar-refractivity contribution in [1.29, 1.82) is 0 Å². The molecule has 0 spiro atoms. The third-order valence-electron chi connectivity index (χ3n) is 4.35. The summed E-state index contributed by atoms with van der Waals surface area (Å²) in [4.78, 5) is 16.5. The molecule has 3 rings (SSSR count). The van der Waals surface area contributed by atoms with Crippen LogP contribution in [0.3, 0.4) is 0 Å². The summed E-state index contributed by atoms with van der Waals surface area (Å²) in [5.41, 5.74) is 1.92. The highest BCUT2D eigenvalue weighted by molar-refractivity contribution is 8.14. The molecule has 2 heterocycles. The van der Waals surface area contributed by atoms with Crippen molar-refractivity contribution in [3.05, 3.63) is 28.8 Å². The lowest BCUT2D eigenvalue weighted by atomic mass is 10.2. The van der Waals surface area contributed by atoms with Crippen molar-refractivity contribution in [3.63, 3.8) is 0 Å². The molecule has 2 aliphatic rings. The lowest BCUT2D eigenvalue weighted by Crippen LogP contribution is -2.47. The number of amidine groups is 1. The number of thioether (sulfide) groups is 1.